The Morgan fingerprint density at radius 1 is 1.18 bits per heavy atom. The lowest BCUT2D eigenvalue weighted by atomic mass is 10.2. The smallest absolute Gasteiger partial charge is 0.152 e. The van der Waals surface area contributed by atoms with Crippen LogP contribution in [0.3, 0.4) is 0 Å². The molecule has 2 aromatic rings. The standard InChI is InChI=1S/C14H14N2O/c1-10-7-11(2)16-14(8-10)15-9-12-5-3-4-6-13(12)17/h3-9,17H,1-2H3. The van der Waals surface area contributed by atoms with E-state index in [0.717, 1.165) is 11.3 Å². The minimum absolute atomic E-state index is 0.223. The molecule has 17 heavy (non-hydrogen) atoms. The maximum absolute atomic E-state index is 9.59. The van der Waals surface area contributed by atoms with E-state index in [0.29, 0.717) is 11.4 Å². The third-order valence-corrected chi connectivity index (χ3v) is 2.36. The fourth-order valence-corrected chi connectivity index (χ4v) is 1.62. The average molecular weight is 226 g/mol. The second-order valence-corrected chi connectivity index (χ2v) is 3.96. The Bertz CT molecular complexity index is 542. The molecule has 0 bridgehead atoms. The summed E-state index contributed by atoms with van der Waals surface area (Å²) in [6.07, 6.45) is 1.62. The van der Waals surface area contributed by atoms with Gasteiger partial charge in [0, 0.05) is 17.5 Å². The van der Waals surface area contributed by atoms with Gasteiger partial charge in [-0.05, 0) is 43.7 Å². The molecular weight excluding hydrogens is 212 g/mol. The number of aryl methyl sites for hydroxylation is 2. The third-order valence-electron chi connectivity index (χ3n) is 2.36. The van der Waals surface area contributed by atoms with Crippen molar-refractivity contribution in [3.8, 4) is 5.75 Å². The second-order valence-electron chi connectivity index (χ2n) is 3.96. The largest absolute Gasteiger partial charge is 0.507 e. The third kappa shape index (κ3) is 2.91. The van der Waals surface area contributed by atoms with Gasteiger partial charge < -0.3 is 5.11 Å². The number of aromatic nitrogens is 1. The fraction of sp³-hybridized carbons (Fsp3) is 0.143. The van der Waals surface area contributed by atoms with Crippen LogP contribution in [0, 0.1) is 13.8 Å². The first-order chi connectivity index (χ1) is 8.15. The van der Waals surface area contributed by atoms with Gasteiger partial charge in [0.1, 0.15) is 5.75 Å². The number of phenols is 1. The van der Waals surface area contributed by atoms with Crippen LogP contribution < -0.4 is 0 Å². The van der Waals surface area contributed by atoms with Crippen molar-refractivity contribution in [2.75, 3.05) is 0 Å². The zero-order chi connectivity index (χ0) is 12.3. The summed E-state index contributed by atoms with van der Waals surface area (Å²) >= 11 is 0. The SMILES string of the molecule is Cc1cc(C)nc(N=Cc2ccccc2O)c1. The van der Waals surface area contributed by atoms with Crippen LogP contribution in [0.4, 0.5) is 5.82 Å². The topological polar surface area (TPSA) is 45.5 Å². The van der Waals surface area contributed by atoms with Crippen molar-refractivity contribution in [3.05, 3.63) is 53.2 Å². The van der Waals surface area contributed by atoms with Gasteiger partial charge in [0.25, 0.3) is 0 Å². The Balaban J connectivity index is 2.29. The number of pyridine rings is 1. The number of nitrogens with zero attached hydrogens (tertiary/aromatic N) is 2. The van der Waals surface area contributed by atoms with Crippen molar-refractivity contribution in [1.82, 2.24) is 4.98 Å². The molecule has 0 spiro atoms. The molecule has 0 amide bonds. The van der Waals surface area contributed by atoms with E-state index in [4.69, 9.17) is 0 Å². The molecule has 0 aliphatic heterocycles. The van der Waals surface area contributed by atoms with E-state index in [9.17, 15) is 5.11 Å². The van der Waals surface area contributed by atoms with Gasteiger partial charge in [-0.25, -0.2) is 9.98 Å². The Labute approximate surface area is 100 Å². The van der Waals surface area contributed by atoms with Gasteiger partial charge in [-0.1, -0.05) is 12.1 Å². The van der Waals surface area contributed by atoms with Gasteiger partial charge >= 0.3 is 0 Å². The molecular formula is C14H14N2O. The summed E-state index contributed by atoms with van der Waals surface area (Å²) in [5.41, 5.74) is 2.75. The lowest BCUT2D eigenvalue weighted by Gasteiger charge is -1.99. The molecule has 0 saturated carbocycles. The van der Waals surface area contributed by atoms with Crippen LogP contribution in [0.5, 0.6) is 5.75 Å². The molecule has 0 aliphatic carbocycles. The van der Waals surface area contributed by atoms with Gasteiger partial charge in [-0.3, -0.25) is 0 Å². The summed E-state index contributed by atoms with van der Waals surface area (Å²) in [7, 11) is 0. The van der Waals surface area contributed by atoms with Crippen molar-refractivity contribution in [2.45, 2.75) is 13.8 Å². The Morgan fingerprint density at radius 3 is 2.65 bits per heavy atom. The van der Waals surface area contributed by atoms with Gasteiger partial charge in [0.05, 0.1) is 0 Å². The fourth-order valence-electron chi connectivity index (χ4n) is 1.62. The van der Waals surface area contributed by atoms with Gasteiger partial charge in [0.15, 0.2) is 5.82 Å². The maximum Gasteiger partial charge on any atom is 0.152 e. The van der Waals surface area contributed by atoms with Crippen molar-refractivity contribution in [1.29, 1.82) is 0 Å². The predicted molar refractivity (Wildman–Crippen MR) is 69.1 cm³/mol. The Hall–Kier alpha value is -2.16. The molecule has 0 atom stereocenters. The van der Waals surface area contributed by atoms with E-state index in [-0.39, 0.29) is 5.75 Å². The number of aromatic hydroxyl groups is 1. The zero-order valence-corrected chi connectivity index (χ0v) is 9.88. The summed E-state index contributed by atoms with van der Waals surface area (Å²) in [6, 6.07) is 11.0. The van der Waals surface area contributed by atoms with Crippen molar-refractivity contribution in [3.63, 3.8) is 0 Å². The maximum atomic E-state index is 9.59. The molecule has 1 N–H and O–H groups in total. The molecule has 1 aromatic heterocycles. The highest BCUT2D eigenvalue weighted by molar-refractivity contribution is 5.84. The number of hydrogen-bond acceptors (Lipinski definition) is 3. The lowest BCUT2D eigenvalue weighted by molar-refractivity contribution is 0.474. The minimum Gasteiger partial charge on any atom is -0.507 e. The van der Waals surface area contributed by atoms with E-state index in [1.165, 1.54) is 0 Å². The van der Waals surface area contributed by atoms with E-state index < -0.39 is 0 Å². The van der Waals surface area contributed by atoms with E-state index in [1.54, 1.807) is 18.3 Å². The van der Waals surface area contributed by atoms with Crippen LogP contribution in [0.25, 0.3) is 0 Å². The molecule has 0 aliphatic rings. The Morgan fingerprint density at radius 2 is 1.94 bits per heavy atom. The van der Waals surface area contributed by atoms with Gasteiger partial charge in [-0.2, -0.15) is 0 Å². The van der Waals surface area contributed by atoms with E-state index >= 15 is 0 Å². The van der Waals surface area contributed by atoms with Crippen molar-refractivity contribution in [2.24, 2.45) is 4.99 Å². The van der Waals surface area contributed by atoms with Crippen LogP contribution in [0.1, 0.15) is 16.8 Å². The highest BCUT2D eigenvalue weighted by Gasteiger charge is 1.97. The first kappa shape index (κ1) is 11.3. The Kier molecular flexibility index (Phi) is 3.19. The minimum atomic E-state index is 0.223. The quantitative estimate of drug-likeness (QED) is 0.799. The molecule has 3 nitrogen and oxygen atoms in total. The molecule has 1 aromatic carbocycles. The number of phenolic OH excluding ortho intramolecular Hbond substituents is 1. The van der Waals surface area contributed by atoms with Gasteiger partial charge in [0.2, 0.25) is 0 Å². The monoisotopic (exact) mass is 226 g/mol. The molecule has 3 heteroatoms. The second kappa shape index (κ2) is 4.78. The van der Waals surface area contributed by atoms with Crippen LogP contribution in [0.15, 0.2) is 41.4 Å². The average Bonchev–Trinajstić information content (AvgIpc) is 2.27. The molecule has 1 heterocycles. The normalized spacial score (nSPS) is 10.9. The van der Waals surface area contributed by atoms with Gasteiger partial charge in [-0.15, -0.1) is 0 Å². The highest BCUT2D eigenvalue weighted by Crippen LogP contribution is 2.16. The predicted octanol–water partition coefficient (Wildman–Crippen LogP) is 3.15. The molecule has 86 valence electrons. The molecule has 0 fully saturated rings. The van der Waals surface area contributed by atoms with Crippen LogP contribution >= 0.6 is 0 Å². The molecule has 0 unspecified atom stereocenters. The zero-order valence-electron chi connectivity index (χ0n) is 9.88. The van der Waals surface area contributed by atoms with Crippen molar-refractivity contribution >= 4 is 12.0 Å². The van der Waals surface area contributed by atoms with Crippen LogP contribution in [-0.4, -0.2) is 16.3 Å². The summed E-state index contributed by atoms with van der Waals surface area (Å²) in [6.45, 7) is 3.94. The number of para-hydroxylation sites is 1. The van der Waals surface area contributed by atoms with E-state index in [1.807, 2.05) is 38.1 Å². The summed E-state index contributed by atoms with van der Waals surface area (Å²) in [5, 5.41) is 9.59. The van der Waals surface area contributed by atoms with Crippen molar-refractivity contribution < 1.29 is 5.11 Å². The summed E-state index contributed by atoms with van der Waals surface area (Å²) in [5.74, 6) is 0.881. The lowest BCUT2D eigenvalue weighted by Crippen LogP contribution is -1.85. The highest BCUT2D eigenvalue weighted by atomic mass is 16.3. The molecule has 0 radical (unpaired) electrons. The number of aliphatic imine (C=N–C) groups is 1. The van der Waals surface area contributed by atoms with Crippen LogP contribution in [0.2, 0.25) is 0 Å². The van der Waals surface area contributed by atoms with E-state index in [2.05, 4.69) is 9.98 Å². The number of rotatable bonds is 2. The van der Waals surface area contributed by atoms with Crippen LogP contribution in [-0.2, 0) is 0 Å². The molecule has 0 saturated heterocycles. The first-order valence-corrected chi connectivity index (χ1v) is 5.42. The summed E-state index contributed by atoms with van der Waals surface area (Å²) < 4.78 is 0. The first-order valence-electron chi connectivity index (χ1n) is 5.42. The summed E-state index contributed by atoms with van der Waals surface area (Å²) in [4.78, 5) is 8.56. The number of benzene rings is 1. The number of hydrogen-bond donors (Lipinski definition) is 1. The molecule has 2 rings (SSSR count).